The van der Waals surface area contributed by atoms with Gasteiger partial charge in [0.25, 0.3) is 5.78 Å². The predicted molar refractivity (Wildman–Crippen MR) is 129 cm³/mol. The topological polar surface area (TPSA) is 79.7 Å². The van der Waals surface area contributed by atoms with Crippen LogP contribution in [0.1, 0.15) is 22.7 Å². The van der Waals surface area contributed by atoms with Gasteiger partial charge in [-0.15, -0.1) is 0 Å². The first-order valence-corrected chi connectivity index (χ1v) is 11.3. The zero-order valence-corrected chi connectivity index (χ0v) is 19.1. The Morgan fingerprint density at radius 3 is 2.65 bits per heavy atom. The van der Waals surface area contributed by atoms with Crippen LogP contribution in [0.2, 0.25) is 0 Å². The molecule has 3 aromatic carbocycles. The number of halogens is 1. The predicted octanol–water partition coefficient (Wildman–Crippen LogP) is 5.38. The molecule has 1 fully saturated rings. The fraction of sp³-hybridized carbons (Fsp3) is 0.115. The summed E-state index contributed by atoms with van der Waals surface area (Å²) in [7, 11) is 1.48. The Kier molecular flexibility index (Phi) is 5.37. The SMILES string of the molecule is COc1cccc(C(O)=C2C(=O)C(=O)N(c3nc4ccc(C)cc4s3)[C@@H]2c2ccccc2F)c1. The monoisotopic (exact) mass is 474 g/mol. The van der Waals surface area contributed by atoms with Gasteiger partial charge in [0.2, 0.25) is 0 Å². The summed E-state index contributed by atoms with van der Waals surface area (Å²) in [6, 6.07) is 16.8. The molecular formula is C26H19FN2O4S. The Bertz CT molecular complexity index is 1490. The van der Waals surface area contributed by atoms with E-state index in [1.807, 2.05) is 25.1 Å². The maximum Gasteiger partial charge on any atom is 0.301 e. The third-order valence-electron chi connectivity index (χ3n) is 5.73. The molecule has 1 saturated heterocycles. The molecule has 1 atom stereocenters. The number of fused-ring (bicyclic) bond motifs is 1. The standard InChI is InChI=1S/C26H19FN2O4S/c1-14-10-11-19-20(12-14)34-26(28-19)29-22(17-8-3-4-9-18(17)27)21(24(31)25(29)32)23(30)15-6-5-7-16(13-15)33-2/h3-13,22,30H,1-2H3/t22-/m1/s1. The molecule has 1 aromatic heterocycles. The van der Waals surface area contributed by atoms with Crippen molar-refractivity contribution in [2.24, 2.45) is 0 Å². The van der Waals surface area contributed by atoms with Crippen molar-refractivity contribution in [3.05, 3.63) is 94.8 Å². The number of thiazole rings is 1. The Hall–Kier alpha value is -4.04. The molecule has 6 nitrogen and oxygen atoms in total. The summed E-state index contributed by atoms with van der Waals surface area (Å²) in [6.07, 6.45) is 0. The van der Waals surface area contributed by atoms with Gasteiger partial charge in [-0.2, -0.15) is 0 Å². The van der Waals surface area contributed by atoms with Crippen molar-refractivity contribution in [3.8, 4) is 5.75 Å². The smallest absolute Gasteiger partial charge is 0.301 e. The molecule has 0 aliphatic carbocycles. The highest BCUT2D eigenvalue weighted by molar-refractivity contribution is 7.22. The minimum atomic E-state index is -1.19. The lowest BCUT2D eigenvalue weighted by atomic mass is 9.95. The number of anilines is 1. The van der Waals surface area contributed by atoms with Gasteiger partial charge in [-0.1, -0.05) is 47.7 Å². The van der Waals surface area contributed by atoms with E-state index >= 15 is 4.39 Å². The molecule has 0 spiro atoms. The van der Waals surface area contributed by atoms with Crippen LogP contribution in [0.25, 0.3) is 16.0 Å². The van der Waals surface area contributed by atoms with Gasteiger partial charge >= 0.3 is 5.91 Å². The third-order valence-corrected chi connectivity index (χ3v) is 6.74. The van der Waals surface area contributed by atoms with E-state index in [1.165, 1.54) is 41.5 Å². The highest BCUT2D eigenvalue weighted by Gasteiger charge is 2.49. The van der Waals surface area contributed by atoms with Gasteiger partial charge in [0, 0.05) is 11.1 Å². The van der Waals surface area contributed by atoms with Crippen molar-refractivity contribution in [3.63, 3.8) is 0 Å². The average molecular weight is 475 g/mol. The van der Waals surface area contributed by atoms with Crippen molar-refractivity contribution in [2.45, 2.75) is 13.0 Å². The molecular weight excluding hydrogens is 455 g/mol. The first kappa shape index (κ1) is 21.8. The van der Waals surface area contributed by atoms with Crippen molar-refractivity contribution >= 4 is 44.1 Å². The number of hydrogen-bond acceptors (Lipinski definition) is 6. The molecule has 0 radical (unpaired) electrons. The largest absolute Gasteiger partial charge is 0.507 e. The number of methoxy groups -OCH3 is 1. The number of ether oxygens (including phenoxy) is 1. The normalized spacial score (nSPS) is 17.5. The van der Waals surface area contributed by atoms with Gasteiger partial charge in [-0.05, 0) is 42.8 Å². The minimum Gasteiger partial charge on any atom is -0.507 e. The van der Waals surface area contributed by atoms with E-state index in [1.54, 1.807) is 30.3 Å². The molecule has 1 aliphatic rings. The van der Waals surface area contributed by atoms with Crippen LogP contribution in [-0.2, 0) is 9.59 Å². The number of nitrogens with zero attached hydrogens (tertiary/aromatic N) is 2. The molecule has 2 heterocycles. The number of rotatable bonds is 4. The molecule has 4 aromatic rings. The van der Waals surface area contributed by atoms with Crippen LogP contribution in [0, 0.1) is 12.7 Å². The van der Waals surface area contributed by atoms with Crippen molar-refractivity contribution in [1.82, 2.24) is 4.98 Å². The number of carbonyl (C=O) groups excluding carboxylic acids is 2. The van der Waals surface area contributed by atoms with Gasteiger partial charge < -0.3 is 9.84 Å². The number of ketones is 1. The number of aliphatic hydroxyl groups is 1. The molecule has 0 bridgehead atoms. The van der Waals surface area contributed by atoms with E-state index < -0.39 is 29.3 Å². The summed E-state index contributed by atoms with van der Waals surface area (Å²) in [5, 5.41) is 11.4. The second-order valence-corrected chi connectivity index (χ2v) is 8.90. The average Bonchev–Trinajstić information content (AvgIpc) is 3.36. The highest BCUT2D eigenvalue weighted by Crippen LogP contribution is 2.45. The first-order chi connectivity index (χ1) is 16.4. The molecule has 5 rings (SSSR count). The number of benzene rings is 3. The highest BCUT2D eigenvalue weighted by atomic mass is 32.1. The molecule has 0 unspecified atom stereocenters. The van der Waals surface area contributed by atoms with Gasteiger partial charge in [0.1, 0.15) is 23.4 Å². The molecule has 1 amide bonds. The molecule has 8 heteroatoms. The lowest BCUT2D eigenvalue weighted by Crippen LogP contribution is -2.29. The van der Waals surface area contributed by atoms with Crippen molar-refractivity contribution in [1.29, 1.82) is 0 Å². The molecule has 1 aliphatic heterocycles. The Labute approximate surface area is 198 Å². The molecule has 170 valence electrons. The van der Waals surface area contributed by atoms with Crippen LogP contribution < -0.4 is 9.64 Å². The summed E-state index contributed by atoms with van der Waals surface area (Å²) < 4.78 is 21.1. The van der Waals surface area contributed by atoms with Gasteiger partial charge in [0.05, 0.1) is 22.9 Å². The lowest BCUT2D eigenvalue weighted by Gasteiger charge is -2.23. The van der Waals surface area contributed by atoms with E-state index in [4.69, 9.17) is 4.74 Å². The van der Waals surface area contributed by atoms with E-state index in [-0.39, 0.29) is 21.8 Å². The molecule has 0 saturated carbocycles. The Balaban J connectivity index is 1.75. The van der Waals surface area contributed by atoms with E-state index in [2.05, 4.69) is 4.98 Å². The number of aryl methyl sites for hydroxylation is 1. The molecule has 1 N–H and O–H groups in total. The summed E-state index contributed by atoms with van der Waals surface area (Å²) in [5.74, 6) is -2.35. The number of aromatic nitrogens is 1. The van der Waals surface area contributed by atoms with Gasteiger partial charge in [0.15, 0.2) is 5.13 Å². The van der Waals surface area contributed by atoms with Crippen molar-refractivity contribution < 1.29 is 23.8 Å². The summed E-state index contributed by atoms with van der Waals surface area (Å²) >= 11 is 1.23. The third kappa shape index (κ3) is 3.52. The number of carbonyl (C=O) groups is 2. The quantitative estimate of drug-likeness (QED) is 0.244. The number of Topliss-reactive ketones (excluding diaryl/α,β-unsaturated/α-hetero) is 1. The number of hydrogen-bond donors (Lipinski definition) is 1. The first-order valence-electron chi connectivity index (χ1n) is 10.5. The zero-order chi connectivity index (χ0) is 24.0. The fourth-order valence-corrected chi connectivity index (χ4v) is 5.16. The van der Waals surface area contributed by atoms with Crippen LogP contribution in [0.3, 0.4) is 0 Å². The van der Waals surface area contributed by atoms with Gasteiger partial charge in [-0.3, -0.25) is 14.5 Å². The summed E-state index contributed by atoms with van der Waals surface area (Å²) in [6.45, 7) is 1.94. The van der Waals surface area contributed by atoms with E-state index in [0.29, 0.717) is 11.3 Å². The minimum absolute atomic E-state index is 0.0848. The summed E-state index contributed by atoms with van der Waals surface area (Å²) in [4.78, 5) is 32.2. The second-order valence-electron chi connectivity index (χ2n) is 7.89. The van der Waals surface area contributed by atoms with Gasteiger partial charge in [-0.25, -0.2) is 9.37 Å². The lowest BCUT2D eigenvalue weighted by molar-refractivity contribution is -0.132. The second kappa shape index (κ2) is 8.39. The van der Waals surface area contributed by atoms with Crippen LogP contribution >= 0.6 is 11.3 Å². The van der Waals surface area contributed by atoms with Crippen LogP contribution in [-0.4, -0.2) is 28.9 Å². The number of amides is 1. The zero-order valence-electron chi connectivity index (χ0n) is 18.3. The van der Waals surface area contributed by atoms with Crippen LogP contribution in [0.15, 0.2) is 72.3 Å². The van der Waals surface area contributed by atoms with Crippen LogP contribution in [0.5, 0.6) is 5.75 Å². The van der Waals surface area contributed by atoms with E-state index in [9.17, 15) is 14.7 Å². The van der Waals surface area contributed by atoms with Crippen LogP contribution in [0.4, 0.5) is 9.52 Å². The summed E-state index contributed by atoms with van der Waals surface area (Å²) in [5.41, 5.74) is 1.83. The Morgan fingerprint density at radius 2 is 1.88 bits per heavy atom. The van der Waals surface area contributed by atoms with E-state index in [0.717, 1.165) is 10.3 Å². The maximum atomic E-state index is 15.0. The number of aliphatic hydroxyl groups excluding tert-OH is 1. The van der Waals surface area contributed by atoms with Crippen molar-refractivity contribution in [2.75, 3.05) is 12.0 Å². The molecule has 34 heavy (non-hydrogen) atoms. The maximum absolute atomic E-state index is 15.0. The Morgan fingerprint density at radius 1 is 1.09 bits per heavy atom. The fourth-order valence-electron chi connectivity index (χ4n) is 4.07.